The molecule has 0 unspecified atom stereocenters. The van der Waals surface area contributed by atoms with E-state index in [1.165, 1.54) is 0 Å². The Balaban J connectivity index is 2.34. The van der Waals surface area contributed by atoms with E-state index in [1.807, 2.05) is 30.3 Å². The molecule has 2 N–H and O–H groups in total. The number of hydrogen-bond acceptors (Lipinski definition) is 5. The molecule has 1 heterocycles. The molecule has 0 spiro atoms. The van der Waals surface area contributed by atoms with Crippen LogP contribution in [0.2, 0.25) is 0 Å². The van der Waals surface area contributed by atoms with E-state index in [2.05, 4.69) is 16.6 Å². The number of aliphatic hydroxyl groups is 1. The SMILES string of the molecule is C=CCN1C[C@@H](CO)/C(=N\O)[C@@H]1c1ccc(OC)cc1. The third-order valence-electron chi connectivity index (χ3n) is 3.65. The number of ether oxygens (including phenoxy) is 1. The molecule has 2 rings (SSSR count). The topological polar surface area (TPSA) is 65.3 Å². The number of hydrogen-bond donors (Lipinski definition) is 2. The molecule has 0 aliphatic carbocycles. The largest absolute Gasteiger partial charge is 0.497 e. The Hall–Kier alpha value is -1.85. The summed E-state index contributed by atoms with van der Waals surface area (Å²) < 4.78 is 5.15. The first kappa shape index (κ1) is 14.6. The maximum absolute atomic E-state index is 9.44. The van der Waals surface area contributed by atoms with Gasteiger partial charge in [0.05, 0.1) is 25.5 Å². The van der Waals surface area contributed by atoms with Gasteiger partial charge in [0, 0.05) is 19.0 Å². The van der Waals surface area contributed by atoms with Crippen molar-refractivity contribution >= 4 is 5.71 Å². The lowest BCUT2D eigenvalue weighted by atomic mass is 9.97. The monoisotopic (exact) mass is 276 g/mol. The highest BCUT2D eigenvalue weighted by Gasteiger charge is 2.38. The lowest BCUT2D eigenvalue weighted by Gasteiger charge is -2.23. The van der Waals surface area contributed by atoms with Gasteiger partial charge < -0.3 is 15.1 Å². The van der Waals surface area contributed by atoms with Gasteiger partial charge >= 0.3 is 0 Å². The summed E-state index contributed by atoms with van der Waals surface area (Å²) in [5.41, 5.74) is 1.61. The number of benzene rings is 1. The van der Waals surface area contributed by atoms with Crippen LogP contribution in [-0.4, -0.2) is 47.7 Å². The molecular weight excluding hydrogens is 256 g/mol. The zero-order chi connectivity index (χ0) is 14.5. The molecule has 5 nitrogen and oxygen atoms in total. The van der Waals surface area contributed by atoms with Crippen molar-refractivity contribution in [3.8, 4) is 5.75 Å². The molecule has 2 atom stereocenters. The van der Waals surface area contributed by atoms with Gasteiger partial charge in [-0.1, -0.05) is 23.4 Å². The van der Waals surface area contributed by atoms with Crippen molar-refractivity contribution < 1.29 is 15.1 Å². The van der Waals surface area contributed by atoms with Crippen molar-refractivity contribution in [3.05, 3.63) is 42.5 Å². The maximum atomic E-state index is 9.44. The second kappa shape index (κ2) is 6.54. The highest BCUT2D eigenvalue weighted by molar-refractivity contribution is 5.94. The Bertz CT molecular complexity index is 484. The lowest BCUT2D eigenvalue weighted by Crippen LogP contribution is -2.25. The second-order valence-corrected chi connectivity index (χ2v) is 4.82. The van der Waals surface area contributed by atoms with Crippen molar-refractivity contribution in [2.75, 3.05) is 26.8 Å². The minimum atomic E-state index is -0.146. The van der Waals surface area contributed by atoms with E-state index >= 15 is 0 Å². The Labute approximate surface area is 118 Å². The summed E-state index contributed by atoms with van der Waals surface area (Å²) in [6.45, 7) is 5.05. The normalized spacial score (nSPS) is 25.0. The van der Waals surface area contributed by atoms with E-state index in [9.17, 15) is 10.3 Å². The average Bonchev–Trinajstić information content (AvgIpc) is 2.85. The molecule has 1 aliphatic rings. The van der Waals surface area contributed by atoms with E-state index in [-0.39, 0.29) is 18.6 Å². The van der Waals surface area contributed by atoms with Crippen molar-refractivity contribution in [1.82, 2.24) is 4.90 Å². The minimum absolute atomic E-state index is 0.0281. The van der Waals surface area contributed by atoms with Gasteiger partial charge in [0.1, 0.15) is 5.75 Å². The van der Waals surface area contributed by atoms with Crippen LogP contribution in [-0.2, 0) is 0 Å². The first-order valence-electron chi connectivity index (χ1n) is 6.56. The highest BCUT2D eigenvalue weighted by Crippen LogP contribution is 2.33. The lowest BCUT2D eigenvalue weighted by molar-refractivity contribution is 0.229. The summed E-state index contributed by atoms with van der Waals surface area (Å²) in [5.74, 6) is 0.635. The van der Waals surface area contributed by atoms with Crippen molar-refractivity contribution in [1.29, 1.82) is 0 Å². The fourth-order valence-corrected chi connectivity index (χ4v) is 2.69. The molecule has 1 aromatic rings. The second-order valence-electron chi connectivity index (χ2n) is 4.82. The highest BCUT2D eigenvalue weighted by atomic mass is 16.5. The number of nitrogens with zero attached hydrogens (tertiary/aromatic N) is 2. The molecule has 5 heteroatoms. The van der Waals surface area contributed by atoms with Gasteiger partial charge in [0.2, 0.25) is 0 Å². The summed E-state index contributed by atoms with van der Waals surface area (Å²) in [5, 5.41) is 22.1. The van der Waals surface area contributed by atoms with Crippen molar-refractivity contribution in [2.45, 2.75) is 6.04 Å². The quantitative estimate of drug-likeness (QED) is 0.488. The van der Waals surface area contributed by atoms with Gasteiger partial charge in [-0.25, -0.2) is 0 Å². The van der Waals surface area contributed by atoms with Crippen LogP contribution in [0.5, 0.6) is 5.75 Å². The first-order chi connectivity index (χ1) is 9.74. The minimum Gasteiger partial charge on any atom is -0.497 e. The number of likely N-dealkylation sites (tertiary alicyclic amines) is 1. The van der Waals surface area contributed by atoms with Crippen LogP contribution >= 0.6 is 0 Å². The molecule has 0 saturated carbocycles. The van der Waals surface area contributed by atoms with Crippen LogP contribution < -0.4 is 4.74 Å². The van der Waals surface area contributed by atoms with Crippen LogP contribution in [0.4, 0.5) is 0 Å². The van der Waals surface area contributed by atoms with Gasteiger partial charge in [0.25, 0.3) is 0 Å². The van der Waals surface area contributed by atoms with Gasteiger partial charge in [-0.05, 0) is 17.7 Å². The Kier molecular flexibility index (Phi) is 4.76. The van der Waals surface area contributed by atoms with Crippen LogP contribution in [0, 0.1) is 5.92 Å². The van der Waals surface area contributed by atoms with E-state index in [1.54, 1.807) is 7.11 Å². The van der Waals surface area contributed by atoms with Crippen molar-refractivity contribution in [2.24, 2.45) is 11.1 Å². The summed E-state index contributed by atoms with van der Waals surface area (Å²) in [7, 11) is 1.62. The van der Waals surface area contributed by atoms with Crippen LogP contribution in [0.3, 0.4) is 0 Å². The molecule has 1 saturated heterocycles. The Morgan fingerprint density at radius 1 is 1.45 bits per heavy atom. The molecule has 0 aromatic heterocycles. The molecule has 1 aromatic carbocycles. The van der Waals surface area contributed by atoms with Crippen LogP contribution in [0.25, 0.3) is 0 Å². The maximum Gasteiger partial charge on any atom is 0.118 e. The smallest absolute Gasteiger partial charge is 0.118 e. The number of oxime groups is 1. The summed E-state index contributed by atoms with van der Waals surface area (Å²) in [6, 6.07) is 7.52. The predicted molar refractivity (Wildman–Crippen MR) is 77.3 cm³/mol. The molecule has 0 amide bonds. The third-order valence-corrected chi connectivity index (χ3v) is 3.65. The molecule has 108 valence electrons. The van der Waals surface area contributed by atoms with Gasteiger partial charge in [-0.2, -0.15) is 0 Å². The summed E-state index contributed by atoms with van der Waals surface area (Å²) in [6.07, 6.45) is 1.81. The summed E-state index contributed by atoms with van der Waals surface area (Å²) >= 11 is 0. The van der Waals surface area contributed by atoms with Crippen LogP contribution in [0.1, 0.15) is 11.6 Å². The average molecular weight is 276 g/mol. The Morgan fingerprint density at radius 3 is 2.65 bits per heavy atom. The molecule has 0 radical (unpaired) electrons. The zero-order valence-corrected chi connectivity index (χ0v) is 11.6. The van der Waals surface area contributed by atoms with Gasteiger partial charge in [0.15, 0.2) is 0 Å². The van der Waals surface area contributed by atoms with E-state index in [0.717, 1.165) is 11.3 Å². The fraction of sp³-hybridized carbons (Fsp3) is 0.400. The standard InChI is InChI=1S/C15H20N2O3/c1-3-8-17-9-12(10-18)14(16-19)15(17)11-4-6-13(20-2)7-5-11/h3-7,12,15,18-19H,1,8-10H2,2H3/b16-14+/t12-,15-/m0/s1. The van der Waals surface area contributed by atoms with E-state index < -0.39 is 0 Å². The first-order valence-corrected chi connectivity index (χ1v) is 6.56. The van der Waals surface area contributed by atoms with E-state index in [4.69, 9.17) is 4.74 Å². The van der Waals surface area contributed by atoms with Gasteiger partial charge in [-0.3, -0.25) is 4.90 Å². The van der Waals surface area contributed by atoms with E-state index in [0.29, 0.717) is 18.8 Å². The Morgan fingerprint density at radius 2 is 2.15 bits per heavy atom. The summed E-state index contributed by atoms with van der Waals surface area (Å²) in [4.78, 5) is 2.13. The van der Waals surface area contributed by atoms with Gasteiger partial charge in [-0.15, -0.1) is 6.58 Å². The molecular formula is C15H20N2O3. The van der Waals surface area contributed by atoms with Crippen molar-refractivity contribution in [3.63, 3.8) is 0 Å². The molecule has 1 aliphatic heterocycles. The van der Waals surface area contributed by atoms with Crippen LogP contribution in [0.15, 0.2) is 42.1 Å². The molecule has 20 heavy (non-hydrogen) atoms. The zero-order valence-electron chi connectivity index (χ0n) is 11.6. The fourth-order valence-electron chi connectivity index (χ4n) is 2.69. The predicted octanol–water partition coefficient (Wildman–Crippen LogP) is 1.68. The molecule has 0 bridgehead atoms. The number of methoxy groups -OCH3 is 1. The molecule has 1 fully saturated rings. The number of aliphatic hydroxyl groups excluding tert-OH is 1. The number of rotatable bonds is 5. The third kappa shape index (κ3) is 2.69.